The highest BCUT2D eigenvalue weighted by Crippen LogP contribution is 2.23. The van der Waals surface area contributed by atoms with Crippen molar-refractivity contribution in [1.82, 2.24) is 4.90 Å². The summed E-state index contributed by atoms with van der Waals surface area (Å²) in [6.07, 6.45) is 1.17. The van der Waals surface area contributed by atoms with E-state index in [0.717, 1.165) is 42.4 Å². The molecule has 1 amide bonds. The standard InChI is InChI=1S/C25H25NO6/c1-16-13-23(27)32-22-14-20(9-10-21(16)22)30-15-18-5-7-19(8-6-18)25(29)31-17(2)24(28)26-11-3-4-12-26/h5-10,13-14,17H,3-4,11-12,15H2,1-2H3/t17-/m1/s1. The zero-order valence-electron chi connectivity index (χ0n) is 18.1. The van der Waals surface area contributed by atoms with Gasteiger partial charge >= 0.3 is 11.6 Å². The molecule has 0 unspecified atom stereocenters. The average molecular weight is 435 g/mol. The lowest BCUT2D eigenvalue weighted by Crippen LogP contribution is -2.38. The fourth-order valence-corrected chi connectivity index (χ4v) is 3.77. The number of carbonyl (C=O) groups is 2. The summed E-state index contributed by atoms with van der Waals surface area (Å²) in [5, 5.41) is 0.859. The second kappa shape index (κ2) is 9.26. The molecule has 0 aliphatic carbocycles. The van der Waals surface area contributed by atoms with Crippen molar-refractivity contribution in [1.29, 1.82) is 0 Å². The molecule has 1 aliphatic heterocycles. The Hall–Kier alpha value is -3.61. The van der Waals surface area contributed by atoms with Gasteiger partial charge in [0.1, 0.15) is 17.9 Å². The van der Waals surface area contributed by atoms with Crippen LogP contribution in [0.4, 0.5) is 0 Å². The maximum Gasteiger partial charge on any atom is 0.338 e. The fourth-order valence-electron chi connectivity index (χ4n) is 3.77. The van der Waals surface area contributed by atoms with E-state index in [1.165, 1.54) is 6.07 Å². The molecule has 2 aromatic carbocycles. The van der Waals surface area contributed by atoms with Crippen LogP contribution in [-0.4, -0.2) is 36.0 Å². The first-order valence-electron chi connectivity index (χ1n) is 10.7. The molecule has 4 rings (SSSR count). The second-order valence-electron chi connectivity index (χ2n) is 7.97. The number of carbonyl (C=O) groups excluding carboxylic acids is 2. The molecule has 7 heteroatoms. The van der Waals surface area contributed by atoms with Gasteiger partial charge in [0.2, 0.25) is 0 Å². The summed E-state index contributed by atoms with van der Waals surface area (Å²) in [7, 11) is 0. The van der Waals surface area contributed by atoms with Crippen LogP contribution in [0.3, 0.4) is 0 Å². The van der Waals surface area contributed by atoms with Gasteiger partial charge in [0.05, 0.1) is 5.56 Å². The van der Waals surface area contributed by atoms with E-state index in [9.17, 15) is 14.4 Å². The number of rotatable bonds is 6. The van der Waals surface area contributed by atoms with Gasteiger partial charge in [-0.05, 0) is 62.1 Å². The molecule has 1 aromatic heterocycles. The molecular weight excluding hydrogens is 410 g/mol. The lowest BCUT2D eigenvalue weighted by Gasteiger charge is -2.20. The first kappa shape index (κ1) is 21.6. The van der Waals surface area contributed by atoms with Gasteiger partial charge in [0.25, 0.3) is 5.91 Å². The molecule has 166 valence electrons. The third kappa shape index (κ3) is 4.82. The Labute approximate surface area is 185 Å². The normalized spacial score (nSPS) is 14.4. The number of ether oxygens (including phenoxy) is 2. The van der Waals surface area contributed by atoms with Gasteiger partial charge in [-0.3, -0.25) is 4.79 Å². The number of amides is 1. The van der Waals surface area contributed by atoms with Crippen LogP contribution in [-0.2, 0) is 16.1 Å². The summed E-state index contributed by atoms with van der Waals surface area (Å²) in [4.78, 5) is 38.0. The molecule has 1 fully saturated rings. The minimum absolute atomic E-state index is 0.151. The SMILES string of the molecule is Cc1cc(=O)oc2cc(OCc3ccc(C(=O)O[C@H](C)C(=O)N4CCCC4)cc3)ccc12. The van der Waals surface area contributed by atoms with Crippen molar-refractivity contribution in [2.45, 2.75) is 39.4 Å². The fraction of sp³-hybridized carbons (Fsp3) is 0.320. The third-order valence-corrected chi connectivity index (χ3v) is 5.57. The molecular formula is C25H25NO6. The van der Waals surface area contributed by atoms with E-state index >= 15 is 0 Å². The van der Waals surface area contributed by atoms with E-state index in [1.54, 1.807) is 42.2 Å². The van der Waals surface area contributed by atoms with Crippen LogP contribution >= 0.6 is 0 Å². The van der Waals surface area contributed by atoms with Crippen LogP contribution in [0.1, 0.15) is 41.3 Å². The number of esters is 1. The van der Waals surface area contributed by atoms with Crippen molar-refractivity contribution >= 4 is 22.8 Å². The van der Waals surface area contributed by atoms with Crippen molar-refractivity contribution in [2.75, 3.05) is 13.1 Å². The average Bonchev–Trinajstić information content (AvgIpc) is 3.32. The van der Waals surface area contributed by atoms with Gasteiger partial charge in [-0.1, -0.05) is 12.1 Å². The molecule has 32 heavy (non-hydrogen) atoms. The Morgan fingerprint density at radius 3 is 2.50 bits per heavy atom. The topological polar surface area (TPSA) is 86.0 Å². The summed E-state index contributed by atoms with van der Waals surface area (Å²) >= 11 is 0. The summed E-state index contributed by atoms with van der Waals surface area (Å²) in [5.74, 6) is -0.108. The molecule has 2 heterocycles. The highest BCUT2D eigenvalue weighted by molar-refractivity contribution is 5.92. The highest BCUT2D eigenvalue weighted by atomic mass is 16.5. The zero-order valence-corrected chi connectivity index (χ0v) is 18.1. The summed E-state index contributed by atoms with van der Waals surface area (Å²) in [6.45, 7) is 5.18. The number of nitrogens with zero attached hydrogens (tertiary/aromatic N) is 1. The van der Waals surface area contributed by atoms with Gasteiger partial charge in [0, 0.05) is 30.6 Å². The molecule has 3 aromatic rings. The van der Waals surface area contributed by atoms with Crippen LogP contribution in [0.5, 0.6) is 5.75 Å². The minimum atomic E-state index is -0.805. The summed E-state index contributed by atoms with van der Waals surface area (Å²) in [6, 6.07) is 13.7. The van der Waals surface area contributed by atoms with Gasteiger partial charge in [-0.2, -0.15) is 0 Å². The Bertz CT molecular complexity index is 1190. The van der Waals surface area contributed by atoms with Crippen molar-refractivity contribution in [2.24, 2.45) is 0 Å². The van der Waals surface area contributed by atoms with Crippen LogP contribution in [0.2, 0.25) is 0 Å². The van der Waals surface area contributed by atoms with Crippen LogP contribution < -0.4 is 10.4 Å². The largest absolute Gasteiger partial charge is 0.489 e. The number of hydrogen-bond donors (Lipinski definition) is 0. The predicted octanol–water partition coefficient (Wildman–Crippen LogP) is 3.85. The van der Waals surface area contributed by atoms with Crippen LogP contribution in [0, 0.1) is 6.92 Å². The molecule has 1 atom stereocenters. The van der Waals surface area contributed by atoms with E-state index in [1.807, 2.05) is 19.1 Å². The summed E-state index contributed by atoms with van der Waals surface area (Å²) < 4.78 is 16.4. The molecule has 0 N–H and O–H groups in total. The molecule has 0 saturated carbocycles. The molecule has 0 spiro atoms. The smallest absolute Gasteiger partial charge is 0.338 e. The molecule has 0 bridgehead atoms. The van der Waals surface area contributed by atoms with E-state index in [-0.39, 0.29) is 12.5 Å². The van der Waals surface area contributed by atoms with E-state index in [4.69, 9.17) is 13.9 Å². The maximum atomic E-state index is 12.4. The van der Waals surface area contributed by atoms with Crippen LogP contribution in [0.15, 0.2) is 57.7 Å². The number of fused-ring (bicyclic) bond motifs is 1. The monoisotopic (exact) mass is 435 g/mol. The van der Waals surface area contributed by atoms with Gasteiger partial charge in [-0.25, -0.2) is 9.59 Å². The highest BCUT2D eigenvalue weighted by Gasteiger charge is 2.26. The lowest BCUT2D eigenvalue weighted by molar-refractivity contribution is -0.138. The number of benzene rings is 2. The van der Waals surface area contributed by atoms with Crippen molar-refractivity contribution in [3.8, 4) is 5.75 Å². The van der Waals surface area contributed by atoms with Gasteiger partial charge in [0.15, 0.2) is 6.10 Å². The van der Waals surface area contributed by atoms with Crippen LogP contribution in [0.25, 0.3) is 11.0 Å². The third-order valence-electron chi connectivity index (χ3n) is 5.57. The van der Waals surface area contributed by atoms with Gasteiger partial charge < -0.3 is 18.8 Å². The molecule has 0 radical (unpaired) electrons. The van der Waals surface area contributed by atoms with Gasteiger partial charge in [-0.15, -0.1) is 0 Å². The Morgan fingerprint density at radius 1 is 1.06 bits per heavy atom. The van der Waals surface area contributed by atoms with Crippen molar-refractivity contribution < 1.29 is 23.5 Å². The van der Waals surface area contributed by atoms with E-state index in [0.29, 0.717) is 16.9 Å². The molecule has 1 saturated heterocycles. The molecule has 7 nitrogen and oxygen atoms in total. The van der Waals surface area contributed by atoms with Crippen molar-refractivity contribution in [3.63, 3.8) is 0 Å². The maximum absolute atomic E-state index is 12.4. The number of likely N-dealkylation sites (tertiary alicyclic amines) is 1. The second-order valence-corrected chi connectivity index (χ2v) is 7.97. The predicted molar refractivity (Wildman–Crippen MR) is 119 cm³/mol. The number of hydrogen-bond acceptors (Lipinski definition) is 6. The zero-order chi connectivity index (χ0) is 22.7. The van der Waals surface area contributed by atoms with E-state index < -0.39 is 17.7 Å². The Balaban J connectivity index is 1.35. The lowest BCUT2D eigenvalue weighted by atomic mass is 10.1. The van der Waals surface area contributed by atoms with Crippen molar-refractivity contribution in [3.05, 3.63) is 75.6 Å². The quantitative estimate of drug-likeness (QED) is 0.432. The number of aryl methyl sites for hydroxylation is 1. The Morgan fingerprint density at radius 2 is 1.78 bits per heavy atom. The first-order valence-corrected chi connectivity index (χ1v) is 10.7. The van der Waals surface area contributed by atoms with E-state index in [2.05, 4.69) is 0 Å². The molecule has 1 aliphatic rings. The minimum Gasteiger partial charge on any atom is -0.489 e. The Kier molecular flexibility index (Phi) is 6.25. The first-order chi connectivity index (χ1) is 15.4. The summed E-state index contributed by atoms with van der Waals surface area (Å²) in [5.41, 5.74) is 2.15.